The second kappa shape index (κ2) is 7.97. The van der Waals surface area contributed by atoms with Crippen molar-refractivity contribution in [2.45, 2.75) is 58.4 Å². The summed E-state index contributed by atoms with van der Waals surface area (Å²) in [5, 5.41) is 0. The van der Waals surface area contributed by atoms with Crippen molar-refractivity contribution in [2.24, 2.45) is 11.8 Å². The van der Waals surface area contributed by atoms with Crippen LogP contribution in [-0.2, 0) is 6.54 Å². The van der Waals surface area contributed by atoms with Gasteiger partial charge in [-0.25, -0.2) is 0 Å². The smallest absolute Gasteiger partial charge is 0.0237 e. The van der Waals surface area contributed by atoms with Crippen molar-refractivity contribution in [3.05, 3.63) is 47.5 Å². The summed E-state index contributed by atoms with van der Waals surface area (Å²) in [4.78, 5) is 2.58. The van der Waals surface area contributed by atoms with Crippen LogP contribution in [0, 0.1) is 11.8 Å². The molecule has 0 aromatic heterocycles. The molecule has 1 fully saturated rings. The zero-order valence-corrected chi connectivity index (χ0v) is 14.1. The van der Waals surface area contributed by atoms with Gasteiger partial charge in [-0.3, -0.25) is 4.90 Å². The van der Waals surface area contributed by atoms with Crippen molar-refractivity contribution < 1.29 is 0 Å². The molecule has 1 aromatic rings. The van der Waals surface area contributed by atoms with E-state index in [9.17, 15) is 0 Å². The molecule has 0 radical (unpaired) electrons. The molecule has 0 saturated heterocycles. The van der Waals surface area contributed by atoms with Gasteiger partial charge < -0.3 is 0 Å². The van der Waals surface area contributed by atoms with E-state index in [1.165, 1.54) is 57.1 Å². The molecule has 0 amide bonds. The van der Waals surface area contributed by atoms with Crippen LogP contribution in [0.25, 0.3) is 0 Å². The Kier molecular flexibility index (Phi) is 5.72. The third-order valence-electron chi connectivity index (χ3n) is 5.65. The molecule has 1 heteroatoms. The van der Waals surface area contributed by atoms with Crippen LogP contribution in [0.15, 0.2) is 42.0 Å². The quantitative estimate of drug-likeness (QED) is 0.655. The van der Waals surface area contributed by atoms with Gasteiger partial charge in [0.2, 0.25) is 0 Å². The number of rotatable bonds is 5. The van der Waals surface area contributed by atoms with Gasteiger partial charge in [0, 0.05) is 19.6 Å². The Morgan fingerprint density at radius 3 is 2.45 bits per heavy atom. The molecule has 3 rings (SSSR count). The number of nitrogens with zero attached hydrogens (tertiary/aromatic N) is 1. The second-order valence-corrected chi connectivity index (χ2v) is 7.26. The Morgan fingerprint density at radius 2 is 1.82 bits per heavy atom. The molecule has 0 bridgehead atoms. The Labute approximate surface area is 136 Å². The van der Waals surface area contributed by atoms with Crippen LogP contribution in [0.5, 0.6) is 0 Å². The van der Waals surface area contributed by atoms with Crippen LogP contribution in [0.1, 0.15) is 57.4 Å². The van der Waals surface area contributed by atoms with Crippen LogP contribution in [0.3, 0.4) is 0 Å². The molecule has 1 heterocycles. The van der Waals surface area contributed by atoms with Gasteiger partial charge in [-0.1, -0.05) is 61.7 Å². The largest absolute Gasteiger partial charge is 0.295 e. The standard InChI is InChI=1S/C21H31N/c1-2-6-18-9-11-20(12-10-18)21-13-15-22(16-14-21)17-19-7-4-3-5-8-19/h3-5,7-8,13,18,20H,2,6,9-12,14-17H2,1H3/t18-,20-. The topological polar surface area (TPSA) is 3.24 Å². The first kappa shape index (κ1) is 15.8. The maximum Gasteiger partial charge on any atom is 0.0237 e. The Morgan fingerprint density at radius 1 is 1.05 bits per heavy atom. The third-order valence-corrected chi connectivity index (χ3v) is 5.65. The Bertz CT molecular complexity index is 468. The van der Waals surface area contributed by atoms with Crippen LogP contribution in [0.2, 0.25) is 0 Å². The van der Waals surface area contributed by atoms with E-state index < -0.39 is 0 Å². The van der Waals surface area contributed by atoms with Gasteiger partial charge in [-0.15, -0.1) is 0 Å². The molecule has 0 atom stereocenters. The van der Waals surface area contributed by atoms with Gasteiger partial charge in [0.25, 0.3) is 0 Å². The van der Waals surface area contributed by atoms with Crippen molar-refractivity contribution >= 4 is 0 Å². The highest BCUT2D eigenvalue weighted by Crippen LogP contribution is 2.37. The van der Waals surface area contributed by atoms with E-state index in [0.29, 0.717) is 0 Å². The van der Waals surface area contributed by atoms with E-state index in [1.807, 2.05) is 0 Å². The van der Waals surface area contributed by atoms with E-state index in [1.54, 1.807) is 5.57 Å². The summed E-state index contributed by atoms with van der Waals surface area (Å²) < 4.78 is 0. The average molecular weight is 297 g/mol. The zero-order chi connectivity index (χ0) is 15.2. The highest BCUT2D eigenvalue weighted by Gasteiger charge is 2.25. The number of benzene rings is 1. The van der Waals surface area contributed by atoms with E-state index >= 15 is 0 Å². The lowest BCUT2D eigenvalue weighted by atomic mass is 9.76. The lowest BCUT2D eigenvalue weighted by Crippen LogP contribution is -2.30. The molecule has 2 aliphatic rings. The molecular weight excluding hydrogens is 266 g/mol. The molecule has 22 heavy (non-hydrogen) atoms. The first-order chi connectivity index (χ1) is 10.8. The molecule has 0 N–H and O–H groups in total. The Hall–Kier alpha value is -1.08. The summed E-state index contributed by atoms with van der Waals surface area (Å²) in [6.45, 7) is 5.83. The lowest BCUT2D eigenvalue weighted by Gasteiger charge is -2.34. The predicted octanol–water partition coefficient (Wildman–Crippen LogP) is 5.43. The maximum absolute atomic E-state index is 2.58. The van der Waals surface area contributed by atoms with Crippen LogP contribution < -0.4 is 0 Å². The number of hydrogen-bond donors (Lipinski definition) is 0. The molecule has 1 saturated carbocycles. The normalized spacial score (nSPS) is 26.7. The molecule has 1 aromatic carbocycles. The minimum Gasteiger partial charge on any atom is -0.295 e. The monoisotopic (exact) mass is 297 g/mol. The van der Waals surface area contributed by atoms with Crippen LogP contribution >= 0.6 is 0 Å². The highest BCUT2D eigenvalue weighted by molar-refractivity contribution is 5.17. The van der Waals surface area contributed by atoms with Crippen molar-refractivity contribution in [2.75, 3.05) is 13.1 Å². The van der Waals surface area contributed by atoms with E-state index in [2.05, 4.69) is 48.2 Å². The third kappa shape index (κ3) is 4.23. The fraction of sp³-hybridized carbons (Fsp3) is 0.619. The van der Waals surface area contributed by atoms with Crippen LogP contribution in [0.4, 0.5) is 0 Å². The van der Waals surface area contributed by atoms with E-state index in [4.69, 9.17) is 0 Å². The minimum absolute atomic E-state index is 0.909. The molecule has 0 unspecified atom stereocenters. The average Bonchev–Trinajstić information content (AvgIpc) is 2.58. The van der Waals surface area contributed by atoms with E-state index in [0.717, 1.165) is 24.9 Å². The fourth-order valence-corrected chi connectivity index (χ4v) is 4.31. The van der Waals surface area contributed by atoms with Gasteiger partial charge in [0.15, 0.2) is 0 Å². The summed E-state index contributed by atoms with van der Waals surface area (Å²) in [7, 11) is 0. The molecule has 1 nitrogen and oxygen atoms in total. The summed E-state index contributed by atoms with van der Waals surface area (Å²) in [5.74, 6) is 1.94. The first-order valence-electron chi connectivity index (χ1n) is 9.30. The molecule has 1 aliphatic carbocycles. The summed E-state index contributed by atoms with van der Waals surface area (Å²) in [6.07, 6.45) is 12.5. The minimum atomic E-state index is 0.909. The van der Waals surface area contributed by atoms with Gasteiger partial charge in [0.05, 0.1) is 0 Å². The summed E-state index contributed by atoms with van der Waals surface area (Å²) in [6, 6.07) is 10.9. The molecule has 1 aliphatic heterocycles. The fourth-order valence-electron chi connectivity index (χ4n) is 4.31. The number of hydrogen-bond acceptors (Lipinski definition) is 1. The predicted molar refractivity (Wildman–Crippen MR) is 94.8 cm³/mol. The molecule has 120 valence electrons. The zero-order valence-electron chi connectivity index (χ0n) is 14.1. The van der Waals surface area contributed by atoms with Gasteiger partial charge in [0.1, 0.15) is 0 Å². The van der Waals surface area contributed by atoms with Crippen molar-refractivity contribution in [1.82, 2.24) is 4.90 Å². The lowest BCUT2D eigenvalue weighted by molar-refractivity contribution is 0.251. The summed E-state index contributed by atoms with van der Waals surface area (Å²) >= 11 is 0. The SMILES string of the molecule is CCC[C@H]1CC[C@H](C2=CCN(Cc3ccccc3)CC2)CC1. The molecule has 0 spiro atoms. The van der Waals surface area contributed by atoms with Gasteiger partial charge in [-0.05, 0) is 49.5 Å². The highest BCUT2D eigenvalue weighted by atomic mass is 15.1. The van der Waals surface area contributed by atoms with Crippen molar-refractivity contribution in [3.63, 3.8) is 0 Å². The maximum atomic E-state index is 2.58. The Balaban J connectivity index is 1.47. The van der Waals surface area contributed by atoms with Crippen LogP contribution in [-0.4, -0.2) is 18.0 Å². The van der Waals surface area contributed by atoms with Gasteiger partial charge >= 0.3 is 0 Å². The van der Waals surface area contributed by atoms with Crippen molar-refractivity contribution in [3.8, 4) is 0 Å². The van der Waals surface area contributed by atoms with Crippen molar-refractivity contribution in [1.29, 1.82) is 0 Å². The van der Waals surface area contributed by atoms with Gasteiger partial charge in [-0.2, -0.15) is 0 Å². The van der Waals surface area contributed by atoms with E-state index in [-0.39, 0.29) is 0 Å². The summed E-state index contributed by atoms with van der Waals surface area (Å²) in [5.41, 5.74) is 3.22. The second-order valence-electron chi connectivity index (χ2n) is 7.26. The first-order valence-corrected chi connectivity index (χ1v) is 9.30. The molecular formula is C21H31N.